The minimum atomic E-state index is -4.75. The maximum atomic E-state index is 13.9. The number of hydrogen-bond acceptors (Lipinski definition) is 2. The van der Waals surface area contributed by atoms with Crippen LogP contribution in [0.4, 0.5) is 26.3 Å². The van der Waals surface area contributed by atoms with Crippen LogP contribution in [0.25, 0.3) is 0 Å². The Labute approximate surface area is 161 Å². The van der Waals surface area contributed by atoms with E-state index in [9.17, 15) is 31.1 Å². The Morgan fingerprint density at radius 3 is 2.26 bits per heavy atom. The molecular weight excluding hydrogens is 421 g/mol. The van der Waals surface area contributed by atoms with E-state index >= 15 is 0 Å². The number of alkyl halides is 3. The van der Waals surface area contributed by atoms with Gasteiger partial charge in [-0.2, -0.15) is 13.2 Å². The highest BCUT2D eigenvalue weighted by molar-refractivity contribution is 6.31. The minimum absolute atomic E-state index is 0.622. The van der Waals surface area contributed by atoms with E-state index in [-0.39, 0.29) is 0 Å². The lowest BCUT2D eigenvalue weighted by Crippen LogP contribution is -2.13. The van der Waals surface area contributed by atoms with E-state index in [0.29, 0.717) is 6.08 Å². The third-order valence-corrected chi connectivity index (χ3v) is 5.43. The normalized spacial score (nSPS) is 22.0. The predicted octanol–water partition coefficient (Wildman–Crippen LogP) is 6.07. The van der Waals surface area contributed by atoms with Gasteiger partial charge in [-0.25, -0.2) is 13.2 Å². The second kappa shape index (κ2) is 7.20. The van der Waals surface area contributed by atoms with E-state index in [0.717, 1.165) is 6.92 Å². The lowest BCUT2D eigenvalue weighted by Gasteiger charge is -2.11. The van der Waals surface area contributed by atoms with Crippen molar-refractivity contribution in [3.63, 3.8) is 0 Å². The standard InChI is InChI=1S/C17H14Cl2F6O2/c1-6-12(20)11(19)7(14(22)13(6)21)5-27-15(26)10-8(16(10,2)3)4-9(18)17(23,24)25/h4,8,10H,5H2,1-3H3/b9-4-/t8-,10-/m0/s1. The molecule has 2 atom stereocenters. The Hall–Kier alpha value is -1.41. The Balaban J connectivity index is 2.16. The summed E-state index contributed by atoms with van der Waals surface area (Å²) in [5.74, 6) is -6.90. The smallest absolute Gasteiger partial charge is 0.426 e. The van der Waals surface area contributed by atoms with Gasteiger partial charge in [0.15, 0.2) is 11.6 Å². The number of hydrogen-bond donors (Lipinski definition) is 0. The van der Waals surface area contributed by atoms with Crippen LogP contribution in [0.5, 0.6) is 0 Å². The molecule has 0 radical (unpaired) electrons. The van der Waals surface area contributed by atoms with E-state index in [1.807, 2.05) is 0 Å². The van der Waals surface area contributed by atoms with Gasteiger partial charge in [0.05, 0.1) is 10.9 Å². The van der Waals surface area contributed by atoms with Gasteiger partial charge in [0.25, 0.3) is 0 Å². The van der Waals surface area contributed by atoms with Crippen molar-refractivity contribution in [1.82, 2.24) is 0 Å². The summed E-state index contributed by atoms with van der Waals surface area (Å²) < 4.78 is 83.8. The second-order valence-electron chi connectivity index (χ2n) is 6.80. The number of benzene rings is 1. The summed E-state index contributed by atoms with van der Waals surface area (Å²) in [4.78, 5) is 12.2. The van der Waals surface area contributed by atoms with Crippen molar-refractivity contribution < 1.29 is 35.9 Å². The summed E-state index contributed by atoms with van der Waals surface area (Å²) >= 11 is 10.8. The van der Waals surface area contributed by atoms with Crippen LogP contribution in [0, 0.1) is 41.6 Å². The van der Waals surface area contributed by atoms with Crippen molar-refractivity contribution in [2.24, 2.45) is 17.3 Å². The van der Waals surface area contributed by atoms with Crippen LogP contribution >= 0.6 is 23.2 Å². The zero-order valence-electron chi connectivity index (χ0n) is 14.3. The number of esters is 1. The van der Waals surface area contributed by atoms with Crippen molar-refractivity contribution in [3.05, 3.63) is 44.7 Å². The highest BCUT2D eigenvalue weighted by Crippen LogP contribution is 2.60. The van der Waals surface area contributed by atoms with Crippen LogP contribution in [-0.2, 0) is 16.1 Å². The summed E-state index contributed by atoms with van der Waals surface area (Å²) in [5.41, 5.74) is -2.19. The van der Waals surface area contributed by atoms with Crippen molar-refractivity contribution >= 4 is 29.2 Å². The fourth-order valence-electron chi connectivity index (χ4n) is 2.84. The van der Waals surface area contributed by atoms with Gasteiger partial charge in [0.2, 0.25) is 0 Å². The summed E-state index contributed by atoms with van der Waals surface area (Å²) in [6.07, 6.45) is -4.03. The maximum absolute atomic E-state index is 13.9. The van der Waals surface area contributed by atoms with Gasteiger partial charge in [-0.3, -0.25) is 4.79 Å². The first kappa shape index (κ1) is 21.9. The van der Waals surface area contributed by atoms with E-state index in [2.05, 4.69) is 0 Å². The van der Waals surface area contributed by atoms with Gasteiger partial charge < -0.3 is 4.74 Å². The molecule has 0 heterocycles. The molecule has 0 N–H and O–H groups in total. The molecule has 0 saturated heterocycles. The number of carbonyl (C=O) groups is 1. The van der Waals surface area contributed by atoms with Crippen LogP contribution in [0.1, 0.15) is 25.0 Å². The Morgan fingerprint density at radius 2 is 1.74 bits per heavy atom. The van der Waals surface area contributed by atoms with Crippen LogP contribution in [0.15, 0.2) is 11.1 Å². The maximum Gasteiger partial charge on any atom is 0.426 e. The van der Waals surface area contributed by atoms with Gasteiger partial charge in [0.1, 0.15) is 17.5 Å². The largest absolute Gasteiger partial charge is 0.460 e. The molecule has 10 heteroatoms. The van der Waals surface area contributed by atoms with Gasteiger partial charge >= 0.3 is 12.1 Å². The van der Waals surface area contributed by atoms with Crippen LogP contribution < -0.4 is 0 Å². The van der Waals surface area contributed by atoms with Crippen LogP contribution in [-0.4, -0.2) is 12.1 Å². The zero-order valence-corrected chi connectivity index (χ0v) is 15.8. The molecule has 0 aromatic heterocycles. The monoisotopic (exact) mass is 434 g/mol. The van der Waals surface area contributed by atoms with Crippen molar-refractivity contribution in [2.45, 2.75) is 33.6 Å². The lowest BCUT2D eigenvalue weighted by molar-refractivity contribution is -0.147. The molecule has 1 aromatic rings. The molecule has 2 nitrogen and oxygen atoms in total. The van der Waals surface area contributed by atoms with Gasteiger partial charge in [-0.15, -0.1) is 0 Å². The average Bonchev–Trinajstić information content (AvgIpc) is 3.10. The molecule has 0 unspecified atom stereocenters. The van der Waals surface area contributed by atoms with E-state index in [4.69, 9.17) is 27.9 Å². The third kappa shape index (κ3) is 4.06. The van der Waals surface area contributed by atoms with Gasteiger partial charge in [0, 0.05) is 11.1 Å². The SMILES string of the molecule is Cc1c(F)c(F)c(COC(=O)[C@@H]2[C@H](/C=C(\Cl)C(F)(F)F)C2(C)C)c(Cl)c1F. The molecular formula is C17H14Cl2F6O2. The molecule has 0 aliphatic heterocycles. The first-order valence-electron chi connectivity index (χ1n) is 7.63. The minimum Gasteiger partial charge on any atom is -0.460 e. The molecule has 1 aliphatic carbocycles. The average molecular weight is 435 g/mol. The fraction of sp³-hybridized carbons (Fsp3) is 0.471. The van der Waals surface area contributed by atoms with Crippen molar-refractivity contribution in [2.75, 3.05) is 0 Å². The first-order valence-corrected chi connectivity index (χ1v) is 8.39. The lowest BCUT2D eigenvalue weighted by atomic mass is 10.1. The first-order chi connectivity index (χ1) is 12.2. The highest BCUT2D eigenvalue weighted by Gasteiger charge is 2.62. The van der Waals surface area contributed by atoms with Crippen molar-refractivity contribution in [3.8, 4) is 0 Å². The molecule has 0 amide bonds. The van der Waals surface area contributed by atoms with E-state index in [1.54, 1.807) is 0 Å². The summed E-state index contributed by atoms with van der Waals surface area (Å²) in [6, 6.07) is 0. The summed E-state index contributed by atoms with van der Waals surface area (Å²) in [7, 11) is 0. The molecule has 0 bridgehead atoms. The Bertz CT molecular complexity index is 788. The predicted molar refractivity (Wildman–Crippen MR) is 86.6 cm³/mol. The molecule has 2 rings (SSSR count). The molecule has 150 valence electrons. The second-order valence-corrected chi connectivity index (χ2v) is 7.59. The highest BCUT2D eigenvalue weighted by atomic mass is 35.5. The molecule has 1 aliphatic rings. The Morgan fingerprint density at radius 1 is 1.19 bits per heavy atom. The number of ether oxygens (including phenoxy) is 1. The number of allylic oxidation sites excluding steroid dienone is 2. The van der Waals surface area contributed by atoms with E-state index < -0.39 is 74.6 Å². The zero-order chi connectivity index (χ0) is 20.9. The fourth-order valence-corrected chi connectivity index (χ4v) is 3.25. The molecule has 1 fully saturated rings. The van der Waals surface area contributed by atoms with Gasteiger partial charge in [-0.05, 0) is 18.3 Å². The van der Waals surface area contributed by atoms with Crippen LogP contribution in [0.3, 0.4) is 0 Å². The quantitative estimate of drug-likeness (QED) is 0.326. The summed E-state index contributed by atoms with van der Waals surface area (Å²) in [6.45, 7) is 3.18. The number of halogens is 8. The van der Waals surface area contributed by atoms with E-state index in [1.165, 1.54) is 13.8 Å². The van der Waals surface area contributed by atoms with Crippen LogP contribution in [0.2, 0.25) is 5.02 Å². The summed E-state index contributed by atoms with van der Waals surface area (Å²) in [5, 5.41) is -2.10. The van der Waals surface area contributed by atoms with Crippen molar-refractivity contribution in [1.29, 1.82) is 0 Å². The molecule has 0 spiro atoms. The molecule has 1 aromatic carbocycles. The topological polar surface area (TPSA) is 26.3 Å². The Kier molecular flexibility index (Phi) is 5.84. The number of carbonyl (C=O) groups excluding carboxylic acids is 1. The molecule has 27 heavy (non-hydrogen) atoms. The third-order valence-electron chi connectivity index (χ3n) is 4.69. The van der Waals surface area contributed by atoms with Gasteiger partial charge in [-0.1, -0.05) is 43.1 Å². The number of rotatable bonds is 4. The molecule has 1 saturated carbocycles.